The molecule has 32 heavy (non-hydrogen) atoms. The molecule has 0 radical (unpaired) electrons. The van der Waals surface area contributed by atoms with Gasteiger partial charge in [-0.1, -0.05) is 26.0 Å². The summed E-state index contributed by atoms with van der Waals surface area (Å²) in [6.45, 7) is 5.45. The fourth-order valence-corrected chi connectivity index (χ4v) is 6.01. The molecule has 3 unspecified atom stereocenters. The average Bonchev–Trinajstić information content (AvgIpc) is 2.73. The first-order valence-electron chi connectivity index (χ1n) is 10.9. The number of piperidine rings is 1. The quantitative estimate of drug-likeness (QED) is 0.685. The molecule has 1 N–H and O–H groups in total. The van der Waals surface area contributed by atoms with Crippen LogP contribution in [0.1, 0.15) is 42.2 Å². The van der Waals surface area contributed by atoms with E-state index in [1.54, 1.807) is 10.4 Å². The summed E-state index contributed by atoms with van der Waals surface area (Å²) in [6, 6.07) is 12.2. The highest BCUT2D eigenvalue weighted by atomic mass is 32.2. The lowest BCUT2D eigenvalue weighted by atomic mass is 9.94. The minimum atomic E-state index is -3.59. The molecule has 0 saturated carbocycles. The van der Waals surface area contributed by atoms with E-state index in [2.05, 4.69) is 19.2 Å². The Balaban J connectivity index is 1.68. The molecular weight excluding hydrogens is 429 g/mol. The van der Waals surface area contributed by atoms with E-state index in [4.69, 9.17) is 0 Å². The summed E-state index contributed by atoms with van der Waals surface area (Å²) in [5, 5.41) is 2.87. The van der Waals surface area contributed by atoms with Crippen LogP contribution in [0.3, 0.4) is 0 Å². The lowest BCUT2D eigenvalue weighted by Crippen LogP contribution is -2.42. The Bertz CT molecular complexity index is 1030. The van der Waals surface area contributed by atoms with Gasteiger partial charge in [-0.05, 0) is 74.3 Å². The number of halogens is 1. The molecule has 6 nitrogen and oxygen atoms in total. The Kier molecular flexibility index (Phi) is 7.69. The highest BCUT2D eigenvalue weighted by Gasteiger charge is 2.31. The van der Waals surface area contributed by atoms with Crippen LogP contribution in [0.15, 0.2) is 53.4 Å². The molecule has 0 spiro atoms. The highest BCUT2D eigenvalue weighted by molar-refractivity contribution is 7.89. The number of nitrogens with one attached hydrogen (secondary N) is 1. The van der Waals surface area contributed by atoms with Crippen molar-refractivity contribution >= 4 is 15.9 Å². The third-order valence-corrected chi connectivity index (χ3v) is 7.75. The van der Waals surface area contributed by atoms with Gasteiger partial charge in [0.25, 0.3) is 5.91 Å². The van der Waals surface area contributed by atoms with E-state index in [1.807, 2.05) is 25.1 Å². The standard InChI is InChI=1S/C24H32FN3O3S/c1-17-12-18(2)16-28(15-17)32(30,31)22-10-8-19(9-11-22)24(29)26-14-23(27(3)4)20-6-5-7-21(25)13-20/h5-11,13,17-18,23H,12,14-16H2,1-4H3,(H,26,29). The van der Waals surface area contributed by atoms with Gasteiger partial charge in [0.1, 0.15) is 5.82 Å². The van der Waals surface area contributed by atoms with Crippen molar-refractivity contribution < 1.29 is 17.6 Å². The first kappa shape index (κ1) is 24.4. The number of sulfonamides is 1. The van der Waals surface area contributed by atoms with Crippen LogP contribution in [0.5, 0.6) is 0 Å². The van der Waals surface area contributed by atoms with Gasteiger partial charge in [0.2, 0.25) is 10.0 Å². The maximum atomic E-state index is 13.6. The second-order valence-corrected chi connectivity index (χ2v) is 11.0. The van der Waals surface area contributed by atoms with Crippen LogP contribution < -0.4 is 5.32 Å². The monoisotopic (exact) mass is 461 g/mol. The van der Waals surface area contributed by atoms with Gasteiger partial charge in [-0.15, -0.1) is 0 Å². The lowest BCUT2D eigenvalue weighted by molar-refractivity contribution is 0.0942. The van der Waals surface area contributed by atoms with Crippen molar-refractivity contribution in [1.82, 2.24) is 14.5 Å². The maximum absolute atomic E-state index is 13.6. The number of rotatable bonds is 7. The molecule has 0 aliphatic carbocycles. The largest absolute Gasteiger partial charge is 0.350 e. The normalized spacial score (nSPS) is 20.8. The van der Waals surface area contributed by atoms with Crippen LogP contribution in [-0.2, 0) is 10.0 Å². The van der Waals surface area contributed by atoms with Crippen molar-refractivity contribution in [3.63, 3.8) is 0 Å². The lowest BCUT2D eigenvalue weighted by Gasteiger charge is -2.34. The van der Waals surface area contributed by atoms with E-state index in [0.29, 0.717) is 37.0 Å². The van der Waals surface area contributed by atoms with Crippen LogP contribution in [0.4, 0.5) is 4.39 Å². The Morgan fingerprint density at radius 1 is 1.12 bits per heavy atom. The van der Waals surface area contributed by atoms with Gasteiger partial charge in [0.05, 0.1) is 10.9 Å². The van der Waals surface area contributed by atoms with Crippen LogP contribution in [0.25, 0.3) is 0 Å². The highest BCUT2D eigenvalue weighted by Crippen LogP contribution is 2.27. The minimum Gasteiger partial charge on any atom is -0.350 e. The smallest absolute Gasteiger partial charge is 0.251 e. The van der Waals surface area contributed by atoms with Crippen LogP contribution in [0, 0.1) is 17.7 Å². The van der Waals surface area contributed by atoms with E-state index >= 15 is 0 Å². The molecule has 1 amide bonds. The number of carbonyl (C=O) groups excluding carboxylic acids is 1. The Morgan fingerprint density at radius 2 is 1.75 bits per heavy atom. The number of carbonyl (C=O) groups is 1. The van der Waals surface area contributed by atoms with E-state index in [1.165, 1.54) is 36.4 Å². The zero-order valence-corrected chi connectivity index (χ0v) is 19.9. The van der Waals surface area contributed by atoms with Gasteiger partial charge in [-0.25, -0.2) is 12.8 Å². The molecule has 3 rings (SSSR count). The van der Waals surface area contributed by atoms with Gasteiger partial charge in [0, 0.05) is 25.2 Å². The van der Waals surface area contributed by atoms with Gasteiger partial charge in [-0.3, -0.25) is 4.79 Å². The van der Waals surface area contributed by atoms with Crippen molar-refractivity contribution in [1.29, 1.82) is 0 Å². The Labute approximate surface area is 190 Å². The molecule has 1 aliphatic rings. The molecule has 1 heterocycles. The number of hydrogen-bond donors (Lipinski definition) is 1. The number of likely N-dealkylation sites (N-methyl/N-ethyl adjacent to an activating group) is 1. The Hall–Kier alpha value is -2.29. The second kappa shape index (κ2) is 10.1. The summed E-state index contributed by atoms with van der Waals surface area (Å²) in [7, 11) is 0.142. The molecular formula is C24H32FN3O3S. The third-order valence-electron chi connectivity index (χ3n) is 5.90. The molecule has 1 saturated heterocycles. The van der Waals surface area contributed by atoms with E-state index in [-0.39, 0.29) is 22.7 Å². The zero-order valence-electron chi connectivity index (χ0n) is 19.1. The van der Waals surface area contributed by atoms with E-state index in [9.17, 15) is 17.6 Å². The van der Waals surface area contributed by atoms with Crippen molar-refractivity contribution in [2.45, 2.75) is 31.2 Å². The maximum Gasteiger partial charge on any atom is 0.251 e. The summed E-state index contributed by atoms with van der Waals surface area (Å²) in [4.78, 5) is 14.8. The topological polar surface area (TPSA) is 69.7 Å². The fourth-order valence-electron chi connectivity index (χ4n) is 4.33. The first-order chi connectivity index (χ1) is 15.1. The SMILES string of the molecule is CC1CC(C)CN(S(=O)(=O)c2ccc(C(=O)NCC(c3cccc(F)c3)N(C)C)cc2)C1. The van der Waals surface area contributed by atoms with E-state index in [0.717, 1.165) is 12.0 Å². The molecule has 174 valence electrons. The van der Waals surface area contributed by atoms with Crippen molar-refractivity contribution in [2.24, 2.45) is 11.8 Å². The van der Waals surface area contributed by atoms with Crippen molar-refractivity contribution in [3.8, 4) is 0 Å². The molecule has 2 aromatic carbocycles. The van der Waals surface area contributed by atoms with Crippen LogP contribution >= 0.6 is 0 Å². The van der Waals surface area contributed by atoms with Gasteiger partial charge >= 0.3 is 0 Å². The number of hydrogen-bond acceptors (Lipinski definition) is 4. The minimum absolute atomic E-state index is 0.196. The molecule has 1 fully saturated rings. The predicted molar refractivity (Wildman–Crippen MR) is 123 cm³/mol. The Morgan fingerprint density at radius 3 is 2.31 bits per heavy atom. The number of nitrogens with zero attached hydrogens (tertiary/aromatic N) is 2. The van der Waals surface area contributed by atoms with E-state index < -0.39 is 10.0 Å². The zero-order chi connectivity index (χ0) is 23.5. The number of benzene rings is 2. The summed E-state index contributed by atoms with van der Waals surface area (Å²) < 4.78 is 41.2. The fraction of sp³-hybridized carbons (Fsp3) is 0.458. The van der Waals surface area contributed by atoms with Gasteiger partial charge < -0.3 is 10.2 Å². The van der Waals surface area contributed by atoms with Crippen molar-refractivity contribution in [3.05, 3.63) is 65.5 Å². The summed E-state index contributed by atoms with van der Waals surface area (Å²) >= 11 is 0. The van der Waals surface area contributed by atoms with Gasteiger partial charge in [0.15, 0.2) is 0 Å². The summed E-state index contributed by atoms with van der Waals surface area (Å²) in [6.07, 6.45) is 1.02. The first-order valence-corrected chi connectivity index (χ1v) is 12.3. The summed E-state index contributed by atoms with van der Waals surface area (Å²) in [5.41, 5.74) is 1.14. The molecule has 3 atom stereocenters. The third kappa shape index (κ3) is 5.74. The molecule has 0 aromatic heterocycles. The molecule has 2 aromatic rings. The molecule has 8 heteroatoms. The molecule has 0 bridgehead atoms. The summed E-state index contributed by atoms with van der Waals surface area (Å²) in [5.74, 6) is 0.00926. The average molecular weight is 462 g/mol. The van der Waals surface area contributed by atoms with Crippen LogP contribution in [-0.4, -0.2) is 57.3 Å². The predicted octanol–water partition coefficient (Wildman–Crippen LogP) is 3.53. The second-order valence-electron chi connectivity index (χ2n) is 9.04. The molecule has 1 aliphatic heterocycles. The van der Waals surface area contributed by atoms with Gasteiger partial charge in [-0.2, -0.15) is 4.31 Å². The van der Waals surface area contributed by atoms with Crippen molar-refractivity contribution in [2.75, 3.05) is 33.7 Å². The number of amides is 1. The van der Waals surface area contributed by atoms with Crippen LogP contribution in [0.2, 0.25) is 0 Å².